The van der Waals surface area contributed by atoms with Crippen molar-refractivity contribution >= 4 is 44.6 Å². The Balaban J connectivity index is 1.62. The third-order valence-electron chi connectivity index (χ3n) is 3.76. The van der Waals surface area contributed by atoms with E-state index in [0.717, 1.165) is 12.0 Å². The number of aromatic nitrogens is 1. The molecule has 1 saturated heterocycles. The lowest BCUT2D eigenvalue weighted by Gasteiger charge is -2.25. The van der Waals surface area contributed by atoms with E-state index in [9.17, 15) is 9.59 Å². The zero-order valence-corrected chi connectivity index (χ0v) is 15.2. The highest BCUT2D eigenvalue weighted by Crippen LogP contribution is 2.27. The summed E-state index contributed by atoms with van der Waals surface area (Å²) in [5.41, 5.74) is 0.915. The Hall–Kier alpha value is -1.93. The van der Waals surface area contributed by atoms with Crippen LogP contribution in [0.1, 0.15) is 18.4 Å². The van der Waals surface area contributed by atoms with E-state index in [4.69, 9.17) is 4.74 Å². The molecule has 0 aliphatic carbocycles. The average Bonchev–Trinajstić information content (AvgIpc) is 3.30. The molecule has 1 fully saturated rings. The molecule has 3 rings (SSSR count). The molecule has 2 amide bonds. The van der Waals surface area contributed by atoms with Crippen molar-refractivity contribution in [3.8, 4) is 0 Å². The minimum atomic E-state index is -0.531. The maximum Gasteiger partial charge on any atom is 0.410 e. The third kappa shape index (κ3) is 3.76. The second kappa shape index (κ2) is 7.76. The summed E-state index contributed by atoms with van der Waals surface area (Å²) in [6.07, 6.45) is 2.56. The van der Waals surface area contributed by atoms with Crippen LogP contribution in [-0.4, -0.2) is 34.5 Å². The summed E-state index contributed by atoms with van der Waals surface area (Å²) in [5, 5.41) is 2.33. The van der Waals surface area contributed by atoms with E-state index in [1.165, 1.54) is 20.2 Å². The Labute approximate surface area is 152 Å². The quantitative estimate of drug-likeness (QED) is 0.723. The van der Waals surface area contributed by atoms with Gasteiger partial charge in [0.1, 0.15) is 12.6 Å². The molecule has 8 heteroatoms. The van der Waals surface area contributed by atoms with E-state index >= 15 is 0 Å². The van der Waals surface area contributed by atoms with Crippen molar-refractivity contribution in [1.82, 2.24) is 9.88 Å². The zero-order chi connectivity index (χ0) is 16.9. The Bertz CT molecular complexity index is 696. The number of benzene rings is 1. The molecular weight excluding hydrogens is 394 g/mol. The van der Waals surface area contributed by atoms with E-state index in [0.29, 0.717) is 18.1 Å². The summed E-state index contributed by atoms with van der Waals surface area (Å²) in [5.74, 6) is -0.209. The molecule has 2 heterocycles. The number of hydrogen-bond acceptors (Lipinski definition) is 5. The highest BCUT2D eigenvalue weighted by atomic mass is 79.9. The highest BCUT2D eigenvalue weighted by molar-refractivity contribution is 9.10. The van der Waals surface area contributed by atoms with Crippen molar-refractivity contribution in [3.63, 3.8) is 0 Å². The zero-order valence-electron chi connectivity index (χ0n) is 12.8. The van der Waals surface area contributed by atoms with Gasteiger partial charge in [-0.2, -0.15) is 0 Å². The van der Waals surface area contributed by atoms with Gasteiger partial charge in [0, 0.05) is 18.1 Å². The Morgan fingerprint density at radius 1 is 1.38 bits per heavy atom. The van der Waals surface area contributed by atoms with Crippen molar-refractivity contribution in [2.24, 2.45) is 0 Å². The fourth-order valence-corrected chi connectivity index (χ4v) is 3.71. The molecule has 0 saturated carbocycles. The van der Waals surface area contributed by atoms with Gasteiger partial charge < -0.3 is 4.74 Å². The maximum absolute atomic E-state index is 12.6. The average molecular weight is 410 g/mol. The number of carbonyl (C=O) groups excluding carboxylic acids is 2. The fraction of sp³-hybridized carbons (Fsp3) is 0.312. The number of rotatable bonds is 4. The Kier molecular flexibility index (Phi) is 5.47. The van der Waals surface area contributed by atoms with E-state index in [1.54, 1.807) is 11.6 Å². The molecule has 24 heavy (non-hydrogen) atoms. The minimum Gasteiger partial charge on any atom is -0.445 e. The van der Waals surface area contributed by atoms with Gasteiger partial charge in [-0.15, -0.1) is 11.3 Å². The van der Waals surface area contributed by atoms with Crippen molar-refractivity contribution < 1.29 is 14.3 Å². The van der Waals surface area contributed by atoms with Gasteiger partial charge >= 0.3 is 6.09 Å². The molecule has 0 N–H and O–H groups in total. The lowest BCUT2D eigenvalue weighted by molar-refractivity contribution is -0.121. The summed E-state index contributed by atoms with van der Waals surface area (Å²) in [4.78, 5) is 30.6. The number of halogens is 1. The van der Waals surface area contributed by atoms with Gasteiger partial charge in [0.15, 0.2) is 0 Å². The summed E-state index contributed by atoms with van der Waals surface area (Å²) < 4.78 is 6.68. The smallest absolute Gasteiger partial charge is 0.410 e. The fourth-order valence-electron chi connectivity index (χ4n) is 2.58. The molecule has 1 aromatic heterocycles. The standard InChI is InChI=1S/C16H16BrN3O3S/c17-20(15-18-8-10-24-15)14(21)13-7-4-9-19(13)16(22)23-11-12-5-2-1-3-6-12/h1-3,5-6,8,10,13H,4,7,9,11H2. The van der Waals surface area contributed by atoms with Crippen molar-refractivity contribution in [2.75, 3.05) is 10.5 Å². The molecule has 6 nitrogen and oxygen atoms in total. The molecule has 1 aliphatic rings. The molecular formula is C16H16BrN3O3S. The lowest BCUT2D eigenvalue weighted by atomic mass is 10.2. The van der Waals surface area contributed by atoms with E-state index in [1.807, 2.05) is 30.3 Å². The first kappa shape index (κ1) is 16.9. The second-order valence-electron chi connectivity index (χ2n) is 5.33. The van der Waals surface area contributed by atoms with Gasteiger partial charge in [-0.25, -0.2) is 13.7 Å². The van der Waals surface area contributed by atoms with Gasteiger partial charge in [0.05, 0.1) is 16.1 Å². The van der Waals surface area contributed by atoms with Crippen LogP contribution in [0.5, 0.6) is 0 Å². The predicted molar refractivity (Wildman–Crippen MR) is 94.9 cm³/mol. The number of anilines is 1. The van der Waals surface area contributed by atoms with Crippen LogP contribution in [0.3, 0.4) is 0 Å². The summed E-state index contributed by atoms with van der Waals surface area (Å²) in [6.45, 7) is 0.713. The van der Waals surface area contributed by atoms with Crippen LogP contribution >= 0.6 is 27.5 Å². The number of carbonyl (C=O) groups is 2. The summed E-state index contributed by atoms with van der Waals surface area (Å²) >= 11 is 4.59. The predicted octanol–water partition coefficient (Wildman–Crippen LogP) is 3.59. The molecule has 1 unspecified atom stereocenters. The molecule has 2 aromatic rings. The van der Waals surface area contributed by atoms with Gasteiger partial charge in [-0.05, 0) is 18.4 Å². The minimum absolute atomic E-state index is 0.196. The lowest BCUT2D eigenvalue weighted by Crippen LogP contribution is -2.45. The first-order valence-electron chi connectivity index (χ1n) is 7.53. The summed E-state index contributed by atoms with van der Waals surface area (Å²) in [6, 6.07) is 8.94. The van der Waals surface area contributed by atoms with Crippen molar-refractivity contribution in [2.45, 2.75) is 25.5 Å². The first-order valence-corrected chi connectivity index (χ1v) is 9.12. The van der Waals surface area contributed by atoms with Gasteiger partial charge in [0.2, 0.25) is 5.13 Å². The van der Waals surface area contributed by atoms with Crippen LogP contribution in [0, 0.1) is 0 Å². The van der Waals surface area contributed by atoms with E-state index < -0.39 is 12.1 Å². The van der Waals surface area contributed by atoms with Crippen LogP contribution < -0.4 is 3.93 Å². The SMILES string of the molecule is O=C(C1CCCN1C(=O)OCc1ccccc1)N(Br)c1nccs1. The van der Waals surface area contributed by atoms with E-state index in [2.05, 4.69) is 21.1 Å². The monoisotopic (exact) mass is 409 g/mol. The molecule has 0 spiro atoms. The van der Waals surface area contributed by atoms with Crippen LogP contribution in [0.4, 0.5) is 9.93 Å². The molecule has 0 bridgehead atoms. The number of nitrogens with zero attached hydrogens (tertiary/aromatic N) is 3. The molecule has 126 valence electrons. The first-order chi connectivity index (χ1) is 11.7. The third-order valence-corrected chi connectivity index (χ3v) is 5.44. The van der Waals surface area contributed by atoms with Crippen molar-refractivity contribution in [3.05, 3.63) is 47.5 Å². The Morgan fingerprint density at radius 3 is 2.88 bits per heavy atom. The molecule has 1 aliphatic heterocycles. The van der Waals surface area contributed by atoms with Gasteiger partial charge in [0.25, 0.3) is 5.91 Å². The topological polar surface area (TPSA) is 62.7 Å². The number of thiazole rings is 1. The number of likely N-dealkylation sites (tertiary alicyclic amines) is 1. The van der Waals surface area contributed by atoms with Crippen LogP contribution in [-0.2, 0) is 16.1 Å². The molecule has 1 aromatic carbocycles. The van der Waals surface area contributed by atoms with Crippen LogP contribution in [0.2, 0.25) is 0 Å². The van der Waals surface area contributed by atoms with Crippen LogP contribution in [0.25, 0.3) is 0 Å². The van der Waals surface area contributed by atoms with Gasteiger partial charge in [-0.3, -0.25) is 9.69 Å². The second-order valence-corrected chi connectivity index (χ2v) is 6.91. The summed E-state index contributed by atoms with van der Waals surface area (Å²) in [7, 11) is 0. The van der Waals surface area contributed by atoms with E-state index in [-0.39, 0.29) is 12.5 Å². The number of amides is 2. The number of ether oxygens (including phenoxy) is 1. The van der Waals surface area contributed by atoms with Crippen LogP contribution in [0.15, 0.2) is 41.9 Å². The largest absolute Gasteiger partial charge is 0.445 e. The normalized spacial score (nSPS) is 16.9. The Morgan fingerprint density at radius 2 is 2.17 bits per heavy atom. The number of hydrogen-bond donors (Lipinski definition) is 0. The van der Waals surface area contributed by atoms with Crippen molar-refractivity contribution in [1.29, 1.82) is 0 Å². The maximum atomic E-state index is 12.6. The highest BCUT2D eigenvalue weighted by Gasteiger charge is 2.38. The molecule has 1 atom stereocenters. The van der Waals surface area contributed by atoms with Gasteiger partial charge in [-0.1, -0.05) is 30.3 Å². The molecule has 0 radical (unpaired) electrons.